The molecule has 61 heavy (non-hydrogen) atoms. The second-order valence-electron chi connectivity index (χ2n) is 15.7. The van der Waals surface area contributed by atoms with Crippen LogP contribution >= 0.6 is 11.3 Å². The number of unbranched alkanes of at least 4 members (excludes halogenated alkanes) is 5. The smallest absolute Gasteiger partial charge is 0.259 e. The van der Waals surface area contributed by atoms with Gasteiger partial charge in [-0.1, -0.05) is 49.0 Å². The minimum atomic E-state index is -0.790. The van der Waals surface area contributed by atoms with Crippen molar-refractivity contribution in [3.05, 3.63) is 75.0 Å². The first-order valence-electron chi connectivity index (χ1n) is 20.9. The summed E-state index contributed by atoms with van der Waals surface area (Å²) in [5.74, 6) is 1.25. The van der Waals surface area contributed by atoms with Gasteiger partial charge >= 0.3 is 0 Å². The number of piperidine rings is 1. The fourth-order valence-electron chi connectivity index (χ4n) is 8.10. The summed E-state index contributed by atoms with van der Waals surface area (Å²) in [6, 6.07) is 12.2. The molecule has 0 radical (unpaired) electrons. The van der Waals surface area contributed by atoms with Gasteiger partial charge in [0.25, 0.3) is 17.4 Å². The van der Waals surface area contributed by atoms with E-state index < -0.39 is 23.1 Å². The van der Waals surface area contributed by atoms with Crippen LogP contribution in [0.5, 0.6) is 11.5 Å². The number of carbonyl (C=O) groups is 4. The zero-order valence-electron chi connectivity index (χ0n) is 34.6. The Kier molecular flexibility index (Phi) is 14.3. The predicted molar refractivity (Wildman–Crippen MR) is 237 cm³/mol. The Labute approximate surface area is 361 Å². The average molecular weight is 872 g/mol. The maximum absolute atomic E-state index is 13.1. The van der Waals surface area contributed by atoms with Crippen LogP contribution in [-0.2, 0) is 39.2 Å². The lowest BCUT2D eigenvalue weighted by Gasteiger charge is -2.29. The predicted octanol–water partition coefficient (Wildman–Crippen LogP) is 4.81. The number of hydrogen-bond donors (Lipinski definition) is 5. The van der Waals surface area contributed by atoms with E-state index in [4.69, 9.17) is 14.9 Å². The Balaban J connectivity index is 0.811. The summed E-state index contributed by atoms with van der Waals surface area (Å²) >= 11 is 0.590. The number of aromatic nitrogens is 1. The maximum Gasteiger partial charge on any atom is 0.259 e. The Hall–Kier alpha value is -5.39. The van der Waals surface area contributed by atoms with Crippen LogP contribution in [0.2, 0.25) is 0 Å². The van der Waals surface area contributed by atoms with Gasteiger partial charge in [0, 0.05) is 85.3 Å². The Bertz CT molecular complexity index is 2360. The molecule has 2 fully saturated rings. The number of carbonyl (C=O) groups excluding carboxylic acids is 4. The number of thiophene rings is 1. The number of methoxy groups -OCH3 is 1. The molecule has 3 aliphatic heterocycles. The molecule has 1 unspecified atom stereocenters. The summed E-state index contributed by atoms with van der Waals surface area (Å²) in [4.78, 5) is 65.1. The number of rotatable bonds is 18. The van der Waals surface area contributed by atoms with Gasteiger partial charge in [0.15, 0.2) is 18.1 Å². The summed E-state index contributed by atoms with van der Waals surface area (Å²) < 4.78 is 25.6. The molecule has 0 aliphatic carbocycles. The molecule has 5 heterocycles. The van der Waals surface area contributed by atoms with E-state index in [0.717, 1.165) is 85.0 Å². The highest BCUT2D eigenvalue weighted by atomic mass is 32.2. The van der Waals surface area contributed by atoms with Crippen molar-refractivity contribution in [3.8, 4) is 22.6 Å². The number of aryl methyl sites for hydroxylation is 1. The van der Waals surface area contributed by atoms with Gasteiger partial charge in [-0.2, -0.15) is 0 Å². The van der Waals surface area contributed by atoms with Gasteiger partial charge in [0.1, 0.15) is 23.4 Å². The topological polar surface area (TPSA) is 207 Å². The molecule has 15 nitrogen and oxygen atoms in total. The normalized spacial score (nSPS) is 18.8. The number of fused-ring (bicyclic) bond motifs is 2. The standard InChI is InChI=1S/C44H53N7O8S2/c1-50-24-31(40-30(43(50)55)23-37(60-40)41(45)48-28-16-20-61(57)21-17-28)27-12-14-35(36(22-27)58-2)59-26-39(53)47-19-8-6-4-3-5-7-18-46-33-11-9-10-29-32(33)25-51(44(29)56)34-13-15-38(52)49-42(34)54/h9-12,14,22-24,28,34,46H,3-8,13,15-21,25-26H2,1-2H3,(H2,45,48)(H,47,53)(H,49,52,54). The van der Waals surface area contributed by atoms with Crippen LogP contribution in [0, 0.1) is 5.41 Å². The number of anilines is 1. The van der Waals surface area contributed by atoms with Crippen LogP contribution in [0.25, 0.3) is 21.2 Å². The van der Waals surface area contributed by atoms with Crippen molar-refractivity contribution in [3.63, 3.8) is 0 Å². The first-order chi connectivity index (χ1) is 29.5. The van der Waals surface area contributed by atoms with E-state index in [9.17, 15) is 28.5 Å². The van der Waals surface area contributed by atoms with E-state index in [0.29, 0.717) is 58.3 Å². The second kappa shape index (κ2) is 20.0. The third-order valence-corrected chi connectivity index (χ3v) is 14.1. The molecule has 0 bridgehead atoms. The van der Waals surface area contributed by atoms with Gasteiger partial charge in [0.05, 0.1) is 17.4 Å². The van der Waals surface area contributed by atoms with Crippen LogP contribution in [0.1, 0.15) is 85.0 Å². The summed E-state index contributed by atoms with van der Waals surface area (Å²) in [5, 5.41) is 21.3. The van der Waals surface area contributed by atoms with Crippen molar-refractivity contribution < 1.29 is 33.2 Å². The molecule has 2 aromatic carbocycles. The van der Waals surface area contributed by atoms with Gasteiger partial charge in [-0.15, -0.1) is 11.3 Å². The van der Waals surface area contributed by atoms with E-state index in [1.165, 1.54) is 23.0 Å². The van der Waals surface area contributed by atoms with E-state index in [1.807, 2.05) is 24.3 Å². The molecule has 324 valence electrons. The number of ether oxygens (including phenoxy) is 2. The molecule has 17 heteroatoms. The van der Waals surface area contributed by atoms with E-state index in [1.54, 1.807) is 36.3 Å². The minimum Gasteiger partial charge on any atom is -0.616 e. The SMILES string of the molecule is COc1cc(-c2cn(C)c(=O)c3cc(C(=N)NC4CC[S+]([O-])CC4)sc23)ccc1OCC(=O)NCCCCCCCCNc1cccc2c1CN(C1CCC(=O)NC1=O)C2=O. The Morgan fingerprint density at radius 3 is 2.48 bits per heavy atom. The fraction of sp³-hybridized carbons (Fsp3) is 0.455. The highest BCUT2D eigenvalue weighted by molar-refractivity contribution is 7.91. The van der Waals surface area contributed by atoms with Crippen molar-refractivity contribution >= 4 is 67.8 Å². The number of pyridine rings is 1. The Morgan fingerprint density at radius 1 is 0.967 bits per heavy atom. The average Bonchev–Trinajstić information content (AvgIpc) is 3.85. The molecule has 4 aromatic rings. The summed E-state index contributed by atoms with van der Waals surface area (Å²) in [6.45, 7) is 1.49. The monoisotopic (exact) mass is 871 g/mol. The van der Waals surface area contributed by atoms with E-state index >= 15 is 0 Å². The number of amides is 4. The molecule has 2 saturated heterocycles. The molecular weight excluding hydrogens is 819 g/mol. The summed E-state index contributed by atoms with van der Waals surface area (Å²) in [6.07, 6.45) is 9.79. The van der Waals surface area contributed by atoms with Crippen molar-refractivity contribution in [2.45, 2.75) is 82.8 Å². The minimum absolute atomic E-state index is 0.0815. The quantitative estimate of drug-likeness (QED) is 0.0303. The molecule has 4 amide bonds. The van der Waals surface area contributed by atoms with Crippen LogP contribution in [0.3, 0.4) is 0 Å². The lowest BCUT2D eigenvalue weighted by atomic mass is 10.0. The summed E-state index contributed by atoms with van der Waals surface area (Å²) in [7, 11) is 3.24. The van der Waals surface area contributed by atoms with Crippen molar-refractivity contribution in [2.24, 2.45) is 7.05 Å². The van der Waals surface area contributed by atoms with Gasteiger partial charge in [-0.3, -0.25) is 34.7 Å². The summed E-state index contributed by atoms with van der Waals surface area (Å²) in [5.41, 5.74) is 3.84. The number of nitrogens with zero attached hydrogens (tertiary/aromatic N) is 2. The molecule has 7 rings (SSSR count). The van der Waals surface area contributed by atoms with E-state index in [-0.39, 0.29) is 48.2 Å². The van der Waals surface area contributed by atoms with Crippen molar-refractivity contribution in [1.29, 1.82) is 5.41 Å². The number of benzene rings is 2. The van der Waals surface area contributed by atoms with Gasteiger partial charge in [0.2, 0.25) is 11.8 Å². The first-order valence-corrected chi connectivity index (χ1v) is 23.2. The first kappa shape index (κ1) is 43.7. The second-order valence-corrected chi connectivity index (χ2v) is 18.5. The highest BCUT2D eigenvalue weighted by Gasteiger charge is 2.40. The third kappa shape index (κ3) is 10.4. The van der Waals surface area contributed by atoms with Crippen LogP contribution in [-0.4, -0.2) is 93.9 Å². The number of nitrogens with one attached hydrogen (secondary N) is 5. The van der Waals surface area contributed by atoms with Gasteiger partial charge < -0.3 is 39.4 Å². The molecular formula is C44H53N7O8S2. The fourth-order valence-corrected chi connectivity index (χ4v) is 10.5. The maximum atomic E-state index is 13.1. The number of amidine groups is 1. The van der Waals surface area contributed by atoms with Gasteiger partial charge in [-0.25, -0.2) is 0 Å². The molecule has 0 spiro atoms. The molecule has 5 N–H and O–H groups in total. The van der Waals surface area contributed by atoms with E-state index in [2.05, 4.69) is 21.3 Å². The van der Waals surface area contributed by atoms with Crippen LogP contribution < -0.4 is 36.3 Å². The zero-order chi connectivity index (χ0) is 43.0. The Morgan fingerprint density at radius 2 is 1.72 bits per heavy atom. The number of imide groups is 1. The molecule has 2 aromatic heterocycles. The third-order valence-electron chi connectivity index (χ3n) is 11.5. The van der Waals surface area contributed by atoms with Crippen LogP contribution in [0.4, 0.5) is 5.69 Å². The zero-order valence-corrected chi connectivity index (χ0v) is 36.2. The lowest BCUT2D eigenvalue weighted by Crippen LogP contribution is -2.52. The molecule has 0 saturated carbocycles. The molecule has 1 atom stereocenters. The highest BCUT2D eigenvalue weighted by Crippen LogP contribution is 2.38. The molecule has 3 aliphatic rings. The van der Waals surface area contributed by atoms with Crippen LogP contribution in [0.15, 0.2) is 53.5 Å². The number of hydrogen-bond acceptors (Lipinski definition) is 11. The van der Waals surface area contributed by atoms with Crippen molar-refractivity contribution in [2.75, 3.05) is 43.6 Å². The van der Waals surface area contributed by atoms with Gasteiger partial charge in [-0.05, 0) is 55.2 Å². The largest absolute Gasteiger partial charge is 0.616 e. The van der Waals surface area contributed by atoms with Crippen molar-refractivity contribution in [1.82, 2.24) is 25.4 Å². The lowest BCUT2D eigenvalue weighted by molar-refractivity contribution is -0.137.